The summed E-state index contributed by atoms with van der Waals surface area (Å²) in [4.78, 5) is 143. The Morgan fingerprint density at radius 2 is 0.553 bits per heavy atom. The predicted molar refractivity (Wildman–Crippen MR) is 592 cm³/mol. The summed E-state index contributed by atoms with van der Waals surface area (Å²) in [5.74, 6) is 0.729. The number of hydrogen-bond acceptors (Lipinski definition) is 24. The van der Waals surface area contributed by atoms with Gasteiger partial charge in [0.25, 0.3) is 47.3 Å². The molecule has 774 valence electrons. The van der Waals surface area contributed by atoms with Gasteiger partial charge in [0.1, 0.15) is 46.6 Å². The summed E-state index contributed by atoms with van der Waals surface area (Å²) in [6.45, 7) is 15.0. The molecule has 7 aliphatic rings. The van der Waals surface area contributed by atoms with Crippen LogP contribution in [0, 0.1) is 16.2 Å². The zero-order chi connectivity index (χ0) is 105. The number of nitrogens with zero attached hydrogens (tertiary/aromatic N) is 13. The largest absolute Gasteiger partial charge is 0.378 e. The molecule has 4 aromatic heterocycles. The summed E-state index contributed by atoms with van der Waals surface area (Å²) in [5, 5.41) is 49.6. The number of carbonyl (C=O) groups excluding carboxylic acids is 8. The SMILES string of the molecule is CN(C)C(=N)c1ccc(C(=O)Nc2ccc(N3CCOCC3)cc2C(=O)Nc2ccc(Cl)cn2)cc1.CN1CCN=C1c1ccc(C(=O)Nc2ccc(N3CCOCC3)cc2C(=O)Nc2ccc(Cl)cn2)cc1.N=C(c1ccc(C(=O)Nc2ccc(N3CCCCC3)cc2C(=O)Nc2ccc(Cl)cn2)cc1)N1CCCCC1.N=C(c1ccc(C(=O)Nc2ccc(N3CCOCC3)cc2C(=O)Nc2ccc(Cl)cn2)cc1)N1CCCC1. The minimum Gasteiger partial charge on any atom is -0.378 e. The van der Waals surface area contributed by atoms with Gasteiger partial charge in [-0.3, -0.25) is 59.6 Å². The van der Waals surface area contributed by atoms with Crippen molar-refractivity contribution >= 4 is 186 Å². The highest BCUT2D eigenvalue weighted by atomic mass is 35.5. The number of pyridine rings is 4. The Balaban J connectivity index is 0.000000142. The van der Waals surface area contributed by atoms with Crippen molar-refractivity contribution in [1.82, 2.24) is 39.5 Å². The fraction of sp³-hybridized carbons (Fsp3) is 0.279. The molecule has 8 amide bonds. The summed E-state index contributed by atoms with van der Waals surface area (Å²) in [6, 6.07) is 62.9. The third kappa shape index (κ3) is 28.8. The summed E-state index contributed by atoms with van der Waals surface area (Å²) in [7, 11) is 5.57. The van der Waals surface area contributed by atoms with Crippen molar-refractivity contribution in [2.75, 3.05) is 215 Å². The number of benzene rings is 8. The van der Waals surface area contributed by atoms with Gasteiger partial charge < -0.3 is 95.9 Å². The van der Waals surface area contributed by atoms with Crippen molar-refractivity contribution in [2.45, 2.75) is 51.4 Å². The first-order chi connectivity index (χ1) is 72.7. The van der Waals surface area contributed by atoms with Crippen LogP contribution < -0.4 is 62.1 Å². The lowest BCUT2D eigenvalue weighted by Gasteiger charge is -2.29. The van der Waals surface area contributed by atoms with Gasteiger partial charge in [0.2, 0.25) is 0 Å². The van der Waals surface area contributed by atoms with E-state index in [4.69, 9.17) is 76.8 Å². The average molecular weight is 2100 g/mol. The van der Waals surface area contributed by atoms with E-state index in [1.54, 1.807) is 183 Å². The van der Waals surface area contributed by atoms with E-state index in [0.29, 0.717) is 200 Å². The van der Waals surface area contributed by atoms with E-state index in [0.717, 1.165) is 149 Å². The fourth-order valence-corrected chi connectivity index (χ4v) is 18.1. The minimum atomic E-state index is -0.412. The lowest BCUT2D eigenvalue weighted by molar-refractivity contribution is 0.101. The quantitative estimate of drug-likeness (QED) is 0.0198. The van der Waals surface area contributed by atoms with Gasteiger partial charge in [-0.15, -0.1) is 0 Å². The molecule has 11 heterocycles. The minimum absolute atomic E-state index is 0.301. The van der Waals surface area contributed by atoms with Gasteiger partial charge in [0.05, 0.1) is 111 Å². The first-order valence-electron chi connectivity index (χ1n) is 49.6. The normalized spacial score (nSPS) is 14.8. The Morgan fingerprint density at radius 1 is 0.293 bits per heavy atom. The first kappa shape index (κ1) is 107. The summed E-state index contributed by atoms with van der Waals surface area (Å²) in [6.07, 6.45) is 14.9. The molecule has 6 fully saturated rings. The Kier molecular flexibility index (Phi) is 36.9. The van der Waals surface area contributed by atoms with E-state index in [1.807, 2.05) is 66.5 Å². The molecule has 19 rings (SSSR count). The number of aromatic nitrogens is 4. The third-order valence-corrected chi connectivity index (χ3v) is 26.9. The van der Waals surface area contributed by atoms with E-state index in [1.165, 1.54) is 37.6 Å². The number of hydrogen-bond donors (Lipinski definition) is 11. The number of amides is 8. The van der Waals surface area contributed by atoms with Gasteiger partial charge in [-0.05, 0) is 221 Å². The fourth-order valence-electron chi connectivity index (χ4n) is 17.7. The lowest BCUT2D eigenvalue weighted by atomic mass is 10.1. The van der Waals surface area contributed by atoms with Crippen LogP contribution in [0.15, 0.2) is 248 Å². The standard InChI is InChI=1S/C30H33ClN6O2.C28H29ClN6O3.C27H27ClN6O3.C26H27ClN6O3/c31-23-11-14-27(33-20-23)35-30(39)25-19-24(36-15-3-1-4-16-36)12-13-26(25)34-29(38)22-9-7-21(8-10-22)28(32)37-17-5-2-6-18-37;29-21-7-10-25(31-18-21)33-28(37)23-17-22(34-13-15-38-16-14-34)8-9-24(23)32-27(36)20-5-3-19(4-6-20)26(30)35-11-1-2-12-35;1-33-11-10-29-25(33)18-2-4-19(5-3-18)26(35)31-23-8-7-21(34-12-14-37-15-13-34)16-22(23)27(36)32-24-9-6-20(28)17-30-24;1-32(2)24(28)17-3-5-18(6-4-17)25(34)30-22-9-8-20(33-11-13-36-14-12-33)15-21(22)26(35)31-23-10-7-19(27)16-29-23/h7-14,19-20,32H,1-6,15-18H2,(H,34,38)(H,33,35,39);3-10,17-18,30H,1-2,11-16H2,(H,32,36)(H,31,33,37);2-9,16-17H,10-15H2,1H3,(H,31,35)(H,30,32,36);3-10,15-16,28H,11-14H2,1-2H3,(H,30,34)(H,29,31,35). The number of likely N-dealkylation sites (N-methyl/N-ethyl adjacent to an activating group) is 1. The second-order valence-electron chi connectivity index (χ2n) is 36.5. The summed E-state index contributed by atoms with van der Waals surface area (Å²) < 4.78 is 16.3. The third-order valence-electron chi connectivity index (χ3n) is 26.0. The van der Waals surface area contributed by atoms with E-state index < -0.39 is 17.7 Å². The molecule has 0 atom stereocenters. The number of likely N-dealkylation sites (tertiary alicyclic amines) is 2. The van der Waals surface area contributed by atoms with Crippen LogP contribution in [0.2, 0.25) is 20.1 Å². The van der Waals surface area contributed by atoms with Gasteiger partial charge in [-0.1, -0.05) is 94.9 Å². The van der Waals surface area contributed by atoms with Crippen molar-refractivity contribution in [3.8, 4) is 0 Å². The van der Waals surface area contributed by atoms with Crippen molar-refractivity contribution in [3.05, 3.63) is 330 Å². The van der Waals surface area contributed by atoms with Crippen molar-refractivity contribution in [3.63, 3.8) is 0 Å². The second-order valence-corrected chi connectivity index (χ2v) is 38.2. The zero-order valence-corrected chi connectivity index (χ0v) is 86.2. The van der Waals surface area contributed by atoms with Gasteiger partial charge in [0, 0.05) is 198 Å². The summed E-state index contributed by atoms with van der Waals surface area (Å²) >= 11 is 23.7. The van der Waals surface area contributed by atoms with Crippen LogP contribution in [-0.4, -0.2) is 263 Å². The summed E-state index contributed by atoms with van der Waals surface area (Å²) in [5.41, 5.74) is 11.4. The van der Waals surface area contributed by atoms with Gasteiger partial charge in [-0.25, -0.2) is 19.9 Å². The topological polar surface area (TPSA) is 422 Å². The number of carbonyl (C=O) groups is 8. The molecular weight excluding hydrogens is 1990 g/mol. The molecule has 150 heavy (non-hydrogen) atoms. The Bertz CT molecular complexity index is 6860. The van der Waals surface area contributed by atoms with Gasteiger partial charge in [-0.2, -0.15) is 0 Å². The number of anilines is 12. The Labute approximate surface area is 889 Å². The Morgan fingerprint density at radius 3 is 0.820 bits per heavy atom. The van der Waals surface area contributed by atoms with Crippen LogP contribution in [0.3, 0.4) is 0 Å². The van der Waals surface area contributed by atoms with Crippen LogP contribution in [0.4, 0.5) is 68.8 Å². The van der Waals surface area contributed by atoms with E-state index >= 15 is 0 Å². The van der Waals surface area contributed by atoms with E-state index in [-0.39, 0.29) is 29.5 Å². The average Bonchev–Trinajstić information content (AvgIpc) is 1.20. The molecule has 35 nitrogen and oxygen atoms in total. The molecule has 0 unspecified atom stereocenters. The number of rotatable bonds is 24. The number of nitrogens with one attached hydrogen (secondary N) is 11. The molecule has 12 aromatic rings. The maximum atomic E-state index is 13.4. The molecule has 39 heteroatoms. The molecule has 0 radical (unpaired) electrons. The number of amidine groups is 4. The van der Waals surface area contributed by atoms with Crippen LogP contribution in [0.5, 0.6) is 0 Å². The van der Waals surface area contributed by atoms with Crippen LogP contribution in [0.1, 0.15) is 156 Å². The predicted octanol–water partition coefficient (Wildman–Crippen LogP) is 18.3. The Hall–Kier alpha value is -15.8. The lowest BCUT2D eigenvalue weighted by Crippen LogP contribution is -2.36. The number of ether oxygens (including phenoxy) is 3. The molecule has 6 saturated heterocycles. The number of aliphatic imine (C=N–C) groups is 1. The van der Waals surface area contributed by atoms with Crippen molar-refractivity contribution in [1.29, 1.82) is 16.2 Å². The van der Waals surface area contributed by atoms with E-state index in [2.05, 4.69) is 96.9 Å². The molecular formula is C111H116Cl4N24O11. The molecule has 0 spiro atoms. The highest BCUT2D eigenvalue weighted by Crippen LogP contribution is 2.34. The molecule has 7 aliphatic heterocycles. The smallest absolute Gasteiger partial charge is 0.259 e. The van der Waals surface area contributed by atoms with Crippen molar-refractivity contribution in [2.24, 2.45) is 4.99 Å². The van der Waals surface area contributed by atoms with Crippen LogP contribution in [-0.2, 0) is 14.2 Å². The van der Waals surface area contributed by atoms with Crippen LogP contribution >= 0.6 is 46.4 Å². The highest BCUT2D eigenvalue weighted by Gasteiger charge is 2.29. The number of piperidine rings is 2. The van der Waals surface area contributed by atoms with E-state index in [9.17, 15) is 38.4 Å². The number of halogens is 4. The second kappa shape index (κ2) is 51.7. The van der Waals surface area contributed by atoms with Crippen LogP contribution in [0.25, 0.3) is 0 Å². The molecule has 11 N–H and O–H groups in total. The highest BCUT2D eigenvalue weighted by molar-refractivity contribution is 6.32. The zero-order valence-electron chi connectivity index (χ0n) is 83.2. The maximum Gasteiger partial charge on any atom is 0.259 e. The molecule has 0 bridgehead atoms. The molecule has 0 aliphatic carbocycles. The van der Waals surface area contributed by atoms with Crippen molar-refractivity contribution < 1.29 is 52.6 Å². The first-order valence-corrected chi connectivity index (χ1v) is 51.1. The molecule has 8 aromatic carbocycles. The van der Waals surface area contributed by atoms with Gasteiger partial charge in [0.15, 0.2) is 0 Å². The maximum absolute atomic E-state index is 13.4. The van der Waals surface area contributed by atoms with Gasteiger partial charge >= 0.3 is 0 Å². The molecule has 0 saturated carbocycles. The number of morpholine rings is 3. The monoisotopic (exact) mass is 2100 g/mol.